The van der Waals surface area contributed by atoms with Gasteiger partial charge in [-0.1, -0.05) is 19.3 Å². The van der Waals surface area contributed by atoms with E-state index in [1.54, 1.807) is 0 Å². The first kappa shape index (κ1) is 12.4. The maximum atomic E-state index is 11.7. The monoisotopic (exact) mass is 241 g/mol. The van der Waals surface area contributed by atoms with Crippen molar-refractivity contribution >= 4 is 11.9 Å². The molecule has 0 aromatic rings. The molecular formula is C12H19NO4. The van der Waals surface area contributed by atoms with E-state index >= 15 is 0 Å². The van der Waals surface area contributed by atoms with Crippen molar-refractivity contribution in [1.82, 2.24) is 4.90 Å². The number of rotatable bonds is 3. The van der Waals surface area contributed by atoms with Gasteiger partial charge in [0, 0.05) is 19.5 Å². The summed E-state index contributed by atoms with van der Waals surface area (Å²) in [6.45, 7) is 0.548. The largest absolute Gasteiger partial charge is 0.481 e. The molecule has 2 fully saturated rings. The maximum Gasteiger partial charge on any atom is 0.308 e. The zero-order valence-electron chi connectivity index (χ0n) is 9.89. The second kappa shape index (κ2) is 4.64. The summed E-state index contributed by atoms with van der Waals surface area (Å²) in [5, 5.41) is 19.2. The van der Waals surface area contributed by atoms with Crippen LogP contribution < -0.4 is 0 Å². The van der Waals surface area contributed by atoms with Gasteiger partial charge in [-0.3, -0.25) is 9.59 Å². The number of amides is 1. The Bertz CT molecular complexity index is 322. The number of likely N-dealkylation sites (tertiary alicyclic amines) is 1. The molecule has 0 spiro atoms. The Hall–Kier alpha value is -1.10. The van der Waals surface area contributed by atoms with Crippen LogP contribution in [-0.2, 0) is 9.59 Å². The smallest absolute Gasteiger partial charge is 0.308 e. The van der Waals surface area contributed by atoms with Crippen molar-refractivity contribution in [3.63, 3.8) is 0 Å². The van der Waals surface area contributed by atoms with Crippen LogP contribution in [0.15, 0.2) is 0 Å². The van der Waals surface area contributed by atoms with Crippen LogP contribution in [0, 0.1) is 5.92 Å². The molecule has 17 heavy (non-hydrogen) atoms. The molecule has 1 amide bonds. The summed E-state index contributed by atoms with van der Waals surface area (Å²) < 4.78 is 0. The van der Waals surface area contributed by atoms with Crippen LogP contribution in [0.5, 0.6) is 0 Å². The number of β-amino-alcohol motifs (C(OH)–C–C–N with tert-alkyl or cyclic N) is 1. The van der Waals surface area contributed by atoms with E-state index < -0.39 is 17.5 Å². The summed E-state index contributed by atoms with van der Waals surface area (Å²) in [7, 11) is 0. The third kappa shape index (κ3) is 2.77. The van der Waals surface area contributed by atoms with Crippen molar-refractivity contribution in [2.24, 2.45) is 5.92 Å². The molecule has 1 aliphatic carbocycles. The van der Waals surface area contributed by atoms with Crippen LogP contribution in [-0.4, -0.2) is 45.7 Å². The van der Waals surface area contributed by atoms with Gasteiger partial charge in [0.25, 0.3) is 0 Å². The van der Waals surface area contributed by atoms with Crippen LogP contribution in [0.2, 0.25) is 0 Å². The Labute approximate surface area is 100 Å². The number of aliphatic hydroxyl groups is 1. The van der Waals surface area contributed by atoms with Crippen molar-refractivity contribution < 1.29 is 19.8 Å². The Morgan fingerprint density at radius 1 is 1.35 bits per heavy atom. The van der Waals surface area contributed by atoms with E-state index in [2.05, 4.69) is 0 Å². The highest BCUT2D eigenvalue weighted by molar-refractivity contribution is 5.86. The average molecular weight is 241 g/mol. The second-order valence-corrected chi connectivity index (χ2v) is 5.30. The van der Waals surface area contributed by atoms with Crippen molar-refractivity contribution in [3.05, 3.63) is 0 Å². The predicted octanol–water partition coefficient (Wildman–Crippen LogP) is 0.615. The number of aliphatic carboxylic acids is 1. The number of hydrogen-bond donors (Lipinski definition) is 2. The van der Waals surface area contributed by atoms with E-state index in [-0.39, 0.29) is 18.9 Å². The molecule has 1 heterocycles. The molecule has 1 saturated carbocycles. The second-order valence-electron chi connectivity index (χ2n) is 5.30. The molecule has 1 unspecified atom stereocenters. The minimum atomic E-state index is -0.920. The summed E-state index contributed by atoms with van der Waals surface area (Å²) in [6.07, 6.45) is 4.62. The van der Waals surface area contributed by atoms with E-state index in [1.807, 2.05) is 0 Å². The molecule has 96 valence electrons. The molecule has 5 nitrogen and oxygen atoms in total. The molecule has 2 rings (SSSR count). The minimum absolute atomic E-state index is 0.0748. The fourth-order valence-electron chi connectivity index (χ4n) is 2.81. The molecular weight excluding hydrogens is 222 g/mol. The number of hydrogen-bond acceptors (Lipinski definition) is 3. The Balaban J connectivity index is 1.95. The molecule has 0 bridgehead atoms. The fourth-order valence-corrected chi connectivity index (χ4v) is 2.81. The molecule has 2 N–H and O–H groups in total. The molecule has 1 saturated heterocycles. The van der Waals surface area contributed by atoms with Crippen LogP contribution in [0.25, 0.3) is 0 Å². The van der Waals surface area contributed by atoms with Crippen molar-refractivity contribution in [2.45, 2.75) is 44.1 Å². The maximum absolute atomic E-state index is 11.7. The highest BCUT2D eigenvalue weighted by atomic mass is 16.4. The van der Waals surface area contributed by atoms with Gasteiger partial charge < -0.3 is 15.1 Å². The third-order valence-electron chi connectivity index (χ3n) is 3.83. The predicted molar refractivity (Wildman–Crippen MR) is 60.4 cm³/mol. The third-order valence-corrected chi connectivity index (χ3v) is 3.83. The zero-order chi connectivity index (χ0) is 12.5. The lowest BCUT2D eigenvalue weighted by molar-refractivity contribution is -0.141. The Morgan fingerprint density at radius 2 is 2.00 bits per heavy atom. The number of carboxylic acids is 1. The molecule has 0 aromatic carbocycles. The fraction of sp³-hybridized carbons (Fsp3) is 0.833. The SMILES string of the molecule is O=C(O)C1CC(=O)N(CC2(O)CCCCC2)C1. The van der Waals surface area contributed by atoms with Gasteiger partial charge in [0.15, 0.2) is 0 Å². The first-order chi connectivity index (χ1) is 8.00. The van der Waals surface area contributed by atoms with Crippen molar-refractivity contribution in [3.8, 4) is 0 Å². The Morgan fingerprint density at radius 3 is 2.53 bits per heavy atom. The summed E-state index contributed by atoms with van der Waals surface area (Å²) in [4.78, 5) is 24.0. The number of nitrogens with zero attached hydrogens (tertiary/aromatic N) is 1. The molecule has 1 atom stereocenters. The van der Waals surface area contributed by atoms with Gasteiger partial charge in [0.1, 0.15) is 0 Å². The van der Waals surface area contributed by atoms with Gasteiger partial charge in [-0.15, -0.1) is 0 Å². The Kier molecular flexibility index (Phi) is 3.38. The van der Waals surface area contributed by atoms with E-state index in [9.17, 15) is 14.7 Å². The average Bonchev–Trinajstić information content (AvgIpc) is 2.61. The summed E-state index contributed by atoms with van der Waals surface area (Å²) in [5.74, 6) is -1.66. The van der Waals surface area contributed by atoms with E-state index in [0.29, 0.717) is 19.4 Å². The quantitative estimate of drug-likeness (QED) is 0.759. The molecule has 2 aliphatic rings. The lowest BCUT2D eigenvalue weighted by Crippen LogP contribution is -2.45. The highest BCUT2D eigenvalue weighted by Gasteiger charge is 2.39. The lowest BCUT2D eigenvalue weighted by Gasteiger charge is -2.35. The van der Waals surface area contributed by atoms with E-state index in [0.717, 1.165) is 19.3 Å². The first-order valence-corrected chi connectivity index (χ1v) is 6.23. The normalized spacial score (nSPS) is 28.4. The van der Waals surface area contributed by atoms with Crippen LogP contribution >= 0.6 is 0 Å². The van der Waals surface area contributed by atoms with Crippen LogP contribution in [0.1, 0.15) is 38.5 Å². The van der Waals surface area contributed by atoms with Gasteiger partial charge >= 0.3 is 5.97 Å². The first-order valence-electron chi connectivity index (χ1n) is 6.23. The van der Waals surface area contributed by atoms with Gasteiger partial charge in [-0.05, 0) is 12.8 Å². The van der Waals surface area contributed by atoms with Crippen LogP contribution in [0.4, 0.5) is 0 Å². The highest BCUT2D eigenvalue weighted by Crippen LogP contribution is 2.30. The topological polar surface area (TPSA) is 77.8 Å². The van der Waals surface area contributed by atoms with Gasteiger partial charge in [0.2, 0.25) is 5.91 Å². The summed E-state index contributed by atoms with van der Waals surface area (Å²) >= 11 is 0. The van der Waals surface area contributed by atoms with Crippen molar-refractivity contribution in [2.75, 3.05) is 13.1 Å². The number of carbonyl (C=O) groups is 2. The molecule has 0 aromatic heterocycles. The lowest BCUT2D eigenvalue weighted by atomic mass is 9.84. The zero-order valence-corrected chi connectivity index (χ0v) is 9.89. The number of carboxylic acid groups (broad SMARTS) is 1. The summed E-state index contributed by atoms with van der Waals surface area (Å²) in [6, 6.07) is 0. The van der Waals surface area contributed by atoms with Crippen molar-refractivity contribution in [1.29, 1.82) is 0 Å². The molecule has 5 heteroatoms. The minimum Gasteiger partial charge on any atom is -0.481 e. The standard InChI is InChI=1S/C12H19NO4/c14-10-6-9(11(15)16)7-13(10)8-12(17)4-2-1-3-5-12/h9,17H,1-8H2,(H,15,16). The summed E-state index contributed by atoms with van der Waals surface area (Å²) in [5.41, 5.74) is -0.790. The van der Waals surface area contributed by atoms with E-state index in [4.69, 9.17) is 5.11 Å². The van der Waals surface area contributed by atoms with E-state index in [1.165, 1.54) is 4.90 Å². The number of carbonyl (C=O) groups excluding carboxylic acids is 1. The molecule has 0 radical (unpaired) electrons. The molecule has 1 aliphatic heterocycles. The van der Waals surface area contributed by atoms with Crippen LogP contribution in [0.3, 0.4) is 0 Å². The van der Waals surface area contributed by atoms with Gasteiger partial charge in [0.05, 0.1) is 11.5 Å². The van der Waals surface area contributed by atoms with Gasteiger partial charge in [-0.2, -0.15) is 0 Å². The van der Waals surface area contributed by atoms with Gasteiger partial charge in [-0.25, -0.2) is 0 Å².